The summed E-state index contributed by atoms with van der Waals surface area (Å²) < 4.78 is 31.8. The maximum Gasteiger partial charge on any atom is 0.262 e. The zero-order valence-electron chi connectivity index (χ0n) is 15.4. The Morgan fingerprint density at radius 1 is 1.04 bits per heavy atom. The Labute approximate surface area is 170 Å². The molecule has 0 aliphatic carbocycles. The van der Waals surface area contributed by atoms with Gasteiger partial charge in [-0.3, -0.25) is 19.8 Å². The molecule has 3 fully saturated rings. The van der Waals surface area contributed by atoms with Gasteiger partial charge in [-0.2, -0.15) is 0 Å². The minimum Gasteiger partial charge on any atom is -0.378 e. The van der Waals surface area contributed by atoms with E-state index in [1.54, 1.807) is 4.90 Å². The number of carbonyl (C=O) groups is 2. The molecule has 3 aliphatic heterocycles. The van der Waals surface area contributed by atoms with Crippen LogP contribution < -0.4 is 5.32 Å². The van der Waals surface area contributed by atoms with Crippen LogP contribution in [0.25, 0.3) is 0 Å². The van der Waals surface area contributed by atoms with Gasteiger partial charge >= 0.3 is 0 Å². The fraction of sp³-hybridized carbons (Fsp3) is 0.875. The van der Waals surface area contributed by atoms with Gasteiger partial charge in [0.15, 0.2) is 0 Å². The number of alkyl halides is 2. The van der Waals surface area contributed by atoms with E-state index in [1.807, 2.05) is 11.8 Å². The first-order valence-corrected chi connectivity index (χ1v) is 8.88. The second-order valence-electron chi connectivity index (χ2n) is 6.97. The number of nitrogens with zero attached hydrogens (tertiary/aromatic N) is 3. The molecule has 11 heteroatoms. The third-order valence-corrected chi connectivity index (χ3v) is 5.26. The Hall–Kier alpha value is -0.740. The van der Waals surface area contributed by atoms with Crippen molar-refractivity contribution in [1.29, 1.82) is 0 Å². The number of rotatable bonds is 3. The van der Waals surface area contributed by atoms with Crippen molar-refractivity contribution in [3.05, 3.63) is 0 Å². The summed E-state index contributed by atoms with van der Waals surface area (Å²) in [6.07, 6.45) is -0.433. The Kier molecular flexibility index (Phi) is 9.14. The normalized spacial score (nSPS) is 26.7. The van der Waals surface area contributed by atoms with Crippen molar-refractivity contribution in [2.45, 2.75) is 31.4 Å². The standard InChI is InChI=1S/C16H26F2N4O3.2ClH/c1-12(14(23)22-6-8-25-9-7-22)20-2-4-21(5-3-20)15(24)13-10-16(17,18)11-19-13;;/h12-13,19H,2-11H2,1H3;2*1H. The zero-order valence-corrected chi connectivity index (χ0v) is 17.0. The second-order valence-corrected chi connectivity index (χ2v) is 6.97. The largest absolute Gasteiger partial charge is 0.378 e. The summed E-state index contributed by atoms with van der Waals surface area (Å²) in [4.78, 5) is 30.4. The summed E-state index contributed by atoms with van der Waals surface area (Å²) in [6.45, 7) is 5.89. The van der Waals surface area contributed by atoms with Crippen molar-refractivity contribution in [2.24, 2.45) is 0 Å². The summed E-state index contributed by atoms with van der Waals surface area (Å²) in [6, 6.07) is -1.04. The lowest BCUT2D eigenvalue weighted by Gasteiger charge is -2.40. The highest BCUT2D eigenvalue weighted by Crippen LogP contribution is 2.26. The molecular formula is C16H28Cl2F2N4O3. The van der Waals surface area contributed by atoms with Gasteiger partial charge in [0.2, 0.25) is 11.8 Å². The first-order valence-electron chi connectivity index (χ1n) is 8.88. The number of hydrogen-bond donors (Lipinski definition) is 1. The minimum atomic E-state index is -2.80. The number of ether oxygens (including phenoxy) is 1. The van der Waals surface area contributed by atoms with E-state index in [0.29, 0.717) is 52.5 Å². The monoisotopic (exact) mass is 432 g/mol. The molecule has 1 N–H and O–H groups in total. The van der Waals surface area contributed by atoms with Gasteiger partial charge in [-0.05, 0) is 6.92 Å². The van der Waals surface area contributed by atoms with Crippen molar-refractivity contribution in [2.75, 3.05) is 59.0 Å². The number of amides is 2. The van der Waals surface area contributed by atoms with Gasteiger partial charge in [-0.1, -0.05) is 0 Å². The molecular weight excluding hydrogens is 405 g/mol. The van der Waals surface area contributed by atoms with Crippen LogP contribution in [-0.4, -0.2) is 104 Å². The lowest BCUT2D eigenvalue weighted by Crippen LogP contribution is -2.58. The van der Waals surface area contributed by atoms with Crippen LogP contribution in [0.5, 0.6) is 0 Å². The molecule has 2 amide bonds. The third kappa shape index (κ3) is 5.87. The Morgan fingerprint density at radius 2 is 1.63 bits per heavy atom. The average Bonchev–Trinajstić information content (AvgIpc) is 3.00. The van der Waals surface area contributed by atoms with Gasteiger partial charge in [0, 0.05) is 45.7 Å². The predicted molar refractivity (Wildman–Crippen MR) is 101 cm³/mol. The summed E-state index contributed by atoms with van der Waals surface area (Å²) in [5.74, 6) is -2.98. The number of carbonyl (C=O) groups excluding carboxylic acids is 2. The number of halogens is 4. The molecule has 0 bridgehead atoms. The predicted octanol–water partition coefficient (Wildman–Crippen LogP) is 0.219. The van der Waals surface area contributed by atoms with Crippen LogP contribution in [0.3, 0.4) is 0 Å². The lowest BCUT2D eigenvalue weighted by atomic mass is 10.1. The number of piperazine rings is 1. The molecule has 27 heavy (non-hydrogen) atoms. The topological polar surface area (TPSA) is 65.1 Å². The van der Waals surface area contributed by atoms with E-state index in [-0.39, 0.29) is 42.7 Å². The molecule has 2 atom stereocenters. The van der Waals surface area contributed by atoms with Gasteiger partial charge in [-0.15, -0.1) is 24.8 Å². The van der Waals surface area contributed by atoms with E-state index in [9.17, 15) is 18.4 Å². The quantitative estimate of drug-likeness (QED) is 0.690. The molecule has 3 saturated heterocycles. The first kappa shape index (κ1) is 24.3. The Morgan fingerprint density at radius 3 is 2.15 bits per heavy atom. The number of hydrogen-bond acceptors (Lipinski definition) is 5. The molecule has 3 aliphatic rings. The highest BCUT2D eigenvalue weighted by molar-refractivity contribution is 5.85. The van der Waals surface area contributed by atoms with Crippen LogP contribution in [0, 0.1) is 0 Å². The van der Waals surface area contributed by atoms with Gasteiger partial charge in [0.25, 0.3) is 5.92 Å². The maximum atomic E-state index is 13.3. The van der Waals surface area contributed by atoms with Crippen LogP contribution in [0.15, 0.2) is 0 Å². The lowest BCUT2D eigenvalue weighted by molar-refractivity contribution is -0.142. The van der Waals surface area contributed by atoms with E-state index in [4.69, 9.17) is 4.74 Å². The van der Waals surface area contributed by atoms with E-state index < -0.39 is 24.9 Å². The number of morpholine rings is 1. The van der Waals surface area contributed by atoms with Crippen LogP contribution in [-0.2, 0) is 14.3 Å². The van der Waals surface area contributed by atoms with Gasteiger partial charge in [-0.25, -0.2) is 8.78 Å². The highest BCUT2D eigenvalue weighted by Gasteiger charge is 2.44. The molecule has 0 aromatic carbocycles. The summed E-state index contributed by atoms with van der Waals surface area (Å²) in [7, 11) is 0. The van der Waals surface area contributed by atoms with Crippen molar-refractivity contribution >= 4 is 36.6 Å². The number of nitrogens with one attached hydrogen (secondary N) is 1. The molecule has 3 heterocycles. The Balaban J connectivity index is 0.00000182. The van der Waals surface area contributed by atoms with Crippen LogP contribution >= 0.6 is 24.8 Å². The molecule has 158 valence electrons. The second kappa shape index (κ2) is 10.2. The first-order chi connectivity index (χ1) is 11.9. The third-order valence-electron chi connectivity index (χ3n) is 5.26. The minimum absolute atomic E-state index is 0. The molecule has 0 aromatic heterocycles. The van der Waals surface area contributed by atoms with Crippen molar-refractivity contribution in [3.8, 4) is 0 Å². The molecule has 7 nitrogen and oxygen atoms in total. The highest BCUT2D eigenvalue weighted by atomic mass is 35.5. The summed E-state index contributed by atoms with van der Waals surface area (Å²) in [5.41, 5.74) is 0. The molecule has 2 unspecified atom stereocenters. The molecule has 0 saturated carbocycles. The molecule has 0 spiro atoms. The van der Waals surface area contributed by atoms with Crippen LogP contribution in [0.4, 0.5) is 8.78 Å². The van der Waals surface area contributed by atoms with Gasteiger partial charge < -0.3 is 14.5 Å². The van der Waals surface area contributed by atoms with Crippen molar-refractivity contribution < 1.29 is 23.1 Å². The summed E-state index contributed by atoms with van der Waals surface area (Å²) in [5, 5.41) is 2.61. The van der Waals surface area contributed by atoms with Crippen molar-refractivity contribution in [3.63, 3.8) is 0 Å². The fourth-order valence-corrected chi connectivity index (χ4v) is 3.64. The molecule has 3 rings (SSSR count). The zero-order chi connectivity index (χ0) is 18.0. The van der Waals surface area contributed by atoms with Gasteiger partial charge in [0.1, 0.15) is 0 Å². The fourth-order valence-electron chi connectivity index (χ4n) is 3.64. The smallest absolute Gasteiger partial charge is 0.262 e. The van der Waals surface area contributed by atoms with Gasteiger partial charge in [0.05, 0.1) is 31.8 Å². The Bertz CT molecular complexity index is 516. The molecule has 0 radical (unpaired) electrons. The average molecular weight is 433 g/mol. The maximum absolute atomic E-state index is 13.3. The summed E-state index contributed by atoms with van der Waals surface area (Å²) >= 11 is 0. The van der Waals surface area contributed by atoms with Crippen LogP contribution in [0.1, 0.15) is 13.3 Å². The van der Waals surface area contributed by atoms with Crippen LogP contribution in [0.2, 0.25) is 0 Å². The van der Waals surface area contributed by atoms with E-state index in [2.05, 4.69) is 10.2 Å². The van der Waals surface area contributed by atoms with Crippen molar-refractivity contribution in [1.82, 2.24) is 20.0 Å². The van der Waals surface area contributed by atoms with E-state index >= 15 is 0 Å². The van der Waals surface area contributed by atoms with E-state index in [1.165, 1.54) is 0 Å². The SMILES string of the molecule is CC(C(=O)N1CCOCC1)N1CCN(C(=O)C2CC(F)(F)CN2)CC1.Cl.Cl. The van der Waals surface area contributed by atoms with E-state index in [0.717, 1.165) is 0 Å². The molecule has 0 aromatic rings.